The summed E-state index contributed by atoms with van der Waals surface area (Å²) in [7, 11) is 1.74. The molecular weight excluding hydrogens is 260 g/mol. The van der Waals surface area contributed by atoms with Crippen LogP contribution in [0.1, 0.15) is 36.3 Å². The number of nitrogens with zero attached hydrogens (tertiary/aromatic N) is 2. The summed E-state index contributed by atoms with van der Waals surface area (Å²) in [6, 6.07) is 2.08. The van der Waals surface area contributed by atoms with E-state index in [1.54, 1.807) is 20.2 Å². The molecule has 1 atom stereocenters. The normalized spacial score (nSPS) is 12.7. The lowest BCUT2D eigenvalue weighted by atomic mass is 10.0. The van der Waals surface area contributed by atoms with Gasteiger partial charge in [-0.05, 0) is 32.0 Å². The summed E-state index contributed by atoms with van der Waals surface area (Å²) < 4.78 is 29.4. The molecule has 2 rings (SSSR count). The molecule has 0 bridgehead atoms. The van der Waals surface area contributed by atoms with Gasteiger partial charge in [0.15, 0.2) is 0 Å². The Morgan fingerprint density at radius 1 is 1.30 bits per heavy atom. The van der Waals surface area contributed by atoms with Gasteiger partial charge in [0.1, 0.15) is 17.5 Å². The molecular formula is C15H19F2N3. The van der Waals surface area contributed by atoms with E-state index in [1.807, 2.05) is 10.8 Å². The Kier molecular flexibility index (Phi) is 4.49. The minimum Gasteiger partial charge on any atom is -0.333 e. The highest BCUT2D eigenvalue weighted by Gasteiger charge is 2.21. The van der Waals surface area contributed by atoms with E-state index in [1.165, 1.54) is 6.07 Å². The molecule has 0 amide bonds. The van der Waals surface area contributed by atoms with Gasteiger partial charge >= 0.3 is 0 Å². The summed E-state index contributed by atoms with van der Waals surface area (Å²) in [5.41, 5.74) is 0.838. The summed E-state index contributed by atoms with van der Waals surface area (Å²) in [5.74, 6) is -0.351. The molecule has 0 spiro atoms. The fourth-order valence-corrected chi connectivity index (χ4v) is 2.34. The molecule has 3 nitrogen and oxygen atoms in total. The first-order valence-electron chi connectivity index (χ1n) is 6.72. The van der Waals surface area contributed by atoms with Crippen LogP contribution in [-0.2, 0) is 6.54 Å². The van der Waals surface area contributed by atoms with Gasteiger partial charge in [-0.1, -0.05) is 6.92 Å². The lowest BCUT2D eigenvalue weighted by Gasteiger charge is -2.19. The van der Waals surface area contributed by atoms with E-state index in [0.717, 1.165) is 24.9 Å². The quantitative estimate of drug-likeness (QED) is 0.911. The number of hydrogen-bond acceptors (Lipinski definition) is 2. The molecule has 0 aliphatic rings. The smallest absolute Gasteiger partial charge is 0.131 e. The van der Waals surface area contributed by atoms with Gasteiger partial charge in [-0.3, -0.25) is 0 Å². The van der Waals surface area contributed by atoms with Gasteiger partial charge in [-0.2, -0.15) is 0 Å². The zero-order valence-corrected chi connectivity index (χ0v) is 12.0. The first-order chi connectivity index (χ1) is 9.58. The Labute approximate surface area is 117 Å². The van der Waals surface area contributed by atoms with Crippen molar-refractivity contribution < 1.29 is 8.78 Å². The summed E-state index contributed by atoms with van der Waals surface area (Å²) >= 11 is 0. The summed E-state index contributed by atoms with van der Waals surface area (Å²) in [6.07, 6.45) is 4.53. The molecule has 0 radical (unpaired) electrons. The third-order valence-corrected chi connectivity index (χ3v) is 3.35. The molecule has 0 fully saturated rings. The topological polar surface area (TPSA) is 29.9 Å². The van der Waals surface area contributed by atoms with Gasteiger partial charge in [-0.25, -0.2) is 13.8 Å². The maximum atomic E-state index is 14.1. The van der Waals surface area contributed by atoms with Crippen molar-refractivity contribution in [3.63, 3.8) is 0 Å². The lowest BCUT2D eigenvalue weighted by molar-refractivity contribution is 0.521. The van der Waals surface area contributed by atoms with E-state index in [4.69, 9.17) is 0 Å². The number of aryl methyl sites for hydroxylation is 2. The van der Waals surface area contributed by atoms with Crippen LogP contribution < -0.4 is 5.32 Å². The molecule has 0 aliphatic carbocycles. The van der Waals surface area contributed by atoms with Crippen molar-refractivity contribution in [3.8, 4) is 0 Å². The van der Waals surface area contributed by atoms with Crippen LogP contribution in [0, 0.1) is 18.6 Å². The van der Waals surface area contributed by atoms with Crippen LogP contribution in [0.4, 0.5) is 8.78 Å². The molecule has 1 unspecified atom stereocenters. The highest BCUT2D eigenvalue weighted by molar-refractivity contribution is 5.32. The second-order valence-electron chi connectivity index (χ2n) is 4.82. The largest absolute Gasteiger partial charge is 0.333 e. The van der Waals surface area contributed by atoms with Crippen LogP contribution >= 0.6 is 0 Å². The zero-order chi connectivity index (χ0) is 14.7. The summed E-state index contributed by atoms with van der Waals surface area (Å²) in [5, 5.41) is 3.06. The second-order valence-corrected chi connectivity index (χ2v) is 4.82. The van der Waals surface area contributed by atoms with E-state index in [2.05, 4.69) is 17.2 Å². The minimum absolute atomic E-state index is 0.393. The molecule has 2 aromatic rings. The molecule has 0 saturated heterocycles. The average molecular weight is 279 g/mol. The van der Waals surface area contributed by atoms with Gasteiger partial charge in [-0.15, -0.1) is 0 Å². The zero-order valence-electron chi connectivity index (χ0n) is 12.0. The standard InChI is InChI=1S/C15H19F2N3/c1-4-6-20-7-5-19-15(20)14(18-3)11-8-10(2)12(16)9-13(11)17/h5,7-9,14,18H,4,6H2,1-3H3. The number of benzene rings is 1. The Bertz CT molecular complexity index is 593. The monoisotopic (exact) mass is 279 g/mol. The number of rotatable bonds is 5. The molecule has 108 valence electrons. The van der Waals surface area contributed by atoms with E-state index in [9.17, 15) is 8.78 Å². The predicted molar refractivity (Wildman–Crippen MR) is 74.5 cm³/mol. The van der Waals surface area contributed by atoms with E-state index in [0.29, 0.717) is 11.1 Å². The Hall–Kier alpha value is -1.75. The number of aromatic nitrogens is 2. The van der Waals surface area contributed by atoms with Gasteiger partial charge in [0, 0.05) is 30.6 Å². The fourth-order valence-electron chi connectivity index (χ4n) is 2.34. The van der Waals surface area contributed by atoms with Crippen molar-refractivity contribution in [3.05, 3.63) is 53.1 Å². The van der Waals surface area contributed by atoms with Crippen LogP contribution in [0.3, 0.4) is 0 Å². The van der Waals surface area contributed by atoms with Crippen LogP contribution in [0.2, 0.25) is 0 Å². The van der Waals surface area contributed by atoms with Gasteiger partial charge in [0.05, 0.1) is 6.04 Å². The lowest BCUT2D eigenvalue weighted by Crippen LogP contribution is -2.23. The fraction of sp³-hybridized carbons (Fsp3) is 0.400. The van der Waals surface area contributed by atoms with Crippen molar-refractivity contribution in [1.29, 1.82) is 0 Å². The number of hydrogen-bond donors (Lipinski definition) is 1. The van der Waals surface area contributed by atoms with Crippen molar-refractivity contribution in [2.45, 2.75) is 32.9 Å². The van der Waals surface area contributed by atoms with Gasteiger partial charge < -0.3 is 9.88 Å². The molecule has 0 aliphatic heterocycles. The summed E-state index contributed by atoms with van der Waals surface area (Å²) in [4.78, 5) is 4.32. The maximum Gasteiger partial charge on any atom is 0.131 e. The molecule has 1 heterocycles. The van der Waals surface area contributed by atoms with Gasteiger partial charge in [0.25, 0.3) is 0 Å². The Balaban J connectivity index is 2.47. The number of nitrogens with one attached hydrogen (secondary N) is 1. The summed E-state index contributed by atoms with van der Waals surface area (Å²) in [6.45, 7) is 4.51. The van der Waals surface area contributed by atoms with Crippen molar-refractivity contribution in [1.82, 2.24) is 14.9 Å². The van der Waals surface area contributed by atoms with Crippen molar-refractivity contribution in [2.75, 3.05) is 7.05 Å². The highest BCUT2D eigenvalue weighted by atomic mass is 19.1. The first-order valence-corrected chi connectivity index (χ1v) is 6.72. The Morgan fingerprint density at radius 2 is 2.05 bits per heavy atom. The number of imidazole rings is 1. The highest BCUT2D eigenvalue weighted by Crippen LogP contribution is 2.25. The third kappa shape index (κ3) is 2.72. The van der Waals surface area contributed by atoms with Crippen LogP contribution in [0.5, 0.6) is 0 Å². The minimum atomic E-state index is -0.557. The molecule has 1 N–H and O–H groups in total. The predicted octanol–water partition coefficient (Wildman–Crippen LogP) is 3.19. The molecule has 1 aromatic heterocycles. The van der Waals surface area contributed by atoms with Crippen LogP contribution in [-0.4, -0.2) is 16.6 Å². The van der Waals surface area contributed by atoms with E-state index >= 15 is 0 Å². The third-order valence-electron chi connectivity index (χ3n) is 3.35. The second kappa shape index (κ2) is 6.13. The van der Waals surface area contributed by atoms with Gasteiger partial charge in [0.2, 0.25) is 0 Å². The average Bonchev–Trinajstić information content (AvgIpc) is 2.85. The van der Waals surface area contributed by atoms with Crippen LogP contribution in [0.25, 0.3) is 0 Å². The molecule has 5 heteroatoms. The van der Waals surface area contributed by atoms with E-state index < -0.39 is 17.7 Å². The molecule has 0 saturated carbocycles. The van der Waals surface area contributed by atoms with Crippen LogP contribution in [0.15, 0.2) is 24.5 Å². The molecule has 20 heavy (non-hydrogen) atoms. The Morgan fingerprint density at radius 3 is 2.70 bits per heavy atom. The number of halogens is 2. The SMILES string of the molecule is CCCn1ccnc1C(NC)c1cc(C)c(F)cc1F. The van der Waals surface area contributed by atoms with Crippen molar-refractivity contribution >= 4 is 0 Å². The van der Waals surface area contributed by atoms with Crippen molar-refractivity contribution in [2.24, 2.45) is 0 Å². The maximum absolute atomic E-state index is 14.1. The first kappa shape index (κ1) is 14.7. The molecule has 1 aromatic carbocycles. The van der Waals surface area contributed by atoms with E-state index in [-0.39, 0.29) is 0 Å².